The van der Waals surface area contributed by atoms with E-state index in [9.17, 15) is 17.6 Å². The smallest absolute Gasteiger partial charge is 0.242 e. The normalized spacial score (nSPS) is 11.5. The van der Waals surface area contributed by atoms with Gasteiger partial charge in [-0.05, 0) is 40.3 Å². The van der Waals surface area contributed by atoms with Gasteiger partial charge in [0.15, 0.2) is 0 Å². The number of sulfonamides is 1. The monoisotopic (exact) mass is 433 g/mol. The molecule has 10 nitrogen and oxygen atoms in total. The summed E-state index contributed by atoms with van der Waals surface area (Å²) < 4.78 is 41.3. The van der Waals surface area contributed by atoms with Crippen LogP contribution < -0.4 is 10.6 Å². The Balaban J connectivity index is 1.64. The zero-order chi connectivity index (χ0) is 21.7. The van der Waals surface area contributed by atoms with Crippen LogP contribution >= 0.6 is 0 Å². The van der Waals surface area contributed by atoms with Crippen molar-refractivity contribution in [3.05, 3.63) is 60.2 Å². The van der Waals surface area contributed by atoms with E-state index >= 15 is 0 Å². The van der Waals surface area contributed by atoms with Gasteiger partial charge in [-0.2, -0.15) is 0 Å². The Hall–Kier alpha value is -3.38. The van der Waals surface area contributed by atoms with E-state index in [1.807, 2.05) is 0 Å². The highest BCUT2D eigenvalue weighted by Crippen LogP contribution is 2.19. The number of aromatic nitrogens is 4. The minimum absolute atomic E-state index is 0.0108. The highest BCUT2D eigenvalue weighted by atomic mass is 32.2. The molecule has 2 aromatic carbocycles. The minimum atomic E-state index is -3.64. The molecule has 0 radical (unpaired) electrons. The van der Waals surface area contributed by atoms with Gasteiger partial charge in [0, 0.05) is 20.6 Å². The van der Waals surface area contributed by atoms with Crippen LogP contribution in [-0.2, 0) is 21.4 Å². The largest absolute Gasteiger partial charge is 0.374 e. The van der Waals surface area contributed by atoms with Crippen LogP contribution in [0.3, 0.4) is 0 Å². The Morgan fingerprint density at radius 3 is 2.67 bits per heavy atom. The second-order valence-electron chi connectivity index (χ2n) is 6.44. The summed E-state index contributed by atoms with van der Waals surface area (Å²) in [6.07, 6.45) is 1.36. The molecule has 0 unspecified atom stereocenters. The third-order valence-electron chi connectivity index (χ3n) is 4.21. The fraction of sp³-hybridized carbons (Fsp3) is 0.222. The number of carbonyl (C=O) groups is 1. The van der Waals surface area contributed by atoms with Gasteiger partial charge in [-0.3, -0.25) is 4.79 Å². The van der Waals surface area contributed by atoms with E-state index in [1.54, 1.807) is 18.2 Å². The lowest BCUT2D eigenvalue weighted by Crippen LogP contribution is -2.31. The van der Waals surface area contributed by atoms with Crippen LogP contribution in [0.2, 0.25) is 0 Å². The first-order chi connectivity index (χ1) is 14.3. The number of anilines is 1. The van der Waals surface area contributed by atoms with Gasteiger partial charge in [0.2, 0.25) is 15.9 Å². The number of hydrogen-bond donors (Lipinski definition) is 2. The molecule has 0 fully saturated rings. The van der Waals surface area contributed by atoms with Crippen molar-refractivity contribution in [3.63, 3.8) is 0 Å². The van der Waals surface area contributed by atoms with E-state index in [-0.39, 0.29) is 23.7 Å². The van der Waals surface area contributed by atoms with Crippen molar-refractivity contribution in [1.82, 2.24) is 29.8 Å². The second kappa shape index (κ2) is 8.97. The van der Waals surface area contributed by atoms with Crippen LogP contribution in [0.15, 0.2) is 53.7 Å². The summed E-state index contributed by atoms with van der Waals surface area (Å²) in [5.74, 6) is -0.971. The highest BCUT2D eigenvalue weighted by molar-refractivity contribution is 7.89. The molecule has 0 atom stereocenters. The van der Waals surface area contributed by atoms with E-state index < -0.39 is 21.7 Å². The molecule has 1 aromatic heterocycles. The number of nitrogens with one attached hydrogen (secondary N) is 2. The number of tetrazole rings is 1. The quantitative estimate of drug-likeness (QED) is 0.538. The number of halogens is 1. The van der Waals surface area contributed by atoms with Crippen molar-refractivity contribution in [2.24, 2.45) is 0 Å². The molecule has 1 amide bonds. The lowest BCUT2D eigenvalue weighted by Gasteiger charge is -2.15. The third-order valence-corrected chi connectivity index (χ3v) is 6.13. The molecule has 0 aliphatic rings. The van der Waals surface area contributed by atoms with Crippen molar-refractivity contribution in [1.29, 1.82) is 0 Å². The van der Waals surface area contributed by atoms with Crippen molar-refractivity contribution in [2.45, 2.75) is 11.4 Å². The molecule has 0 spiro atoms. The maximum absolute atomic E-state index is 14.0. The topological polar surface area (TPSA) is 122 Å². The average molecular weight is 433 g/mol. The van der Waals surface area contributed by atoms with Gasteiger partial charge >= 0.3 is 0 Å². The SMILES string of the molecule is CN(C)S(=O)(=O)c1ccccc1CNC(=O)CNc1cc(-n2cnnn2)ccc1F. The molecule has 0 aliphatic carbocycles. The molecule has 1 heterocycles. The van der Waals surface area contributed by atoms with Crippen LogP contribution in [0.5, 0.6) is 0 Å². The summed E-state index contributed by atoms with van der Waals surface area (Å²) >= 11 is 0. The number of nitrogens with zero attached hydrogens (tertiary/aromatic N) is 5. The third kappa shape index (κ3) is 4.78. The highest BCUT2D eigenvalue weighted by Gasteiger charge is 2.20. The van der Waals surface area contributed by atoms with Crippen LogP contribution in [0.25, 0.3) is 5.69 Å². The summed E-state index contributed by atoms with van der Waals surface area (Å²) in [6.45, 7) is -0.199. The fourth-order valence-electron chi connectivity index (χ4n) is 2.60. The van der Waals surface area contributed by atoms with Gasteiger partial charge in [0.1, 0.15) is 12.1 Å². The Bertz CT molecular complexity index is 1130. The molecule has 2 N–H and O–H groups in total. The molecule has 3 aromatic rings. The Morgan fingerprint density at radius 2 is 1.97 bits per heavy atom. The summed E-state index contributed by atoms with van der Waals surface area (Å²) in [7, 11) is -0.770. The molecule has 3 rings (SSSR count). The summed E-state index contributed by atoms with van der Waals surface area (Å²) in [5, 5.41) is 16.1. The molecular weight excluding hydrogens is 413 g/mol. The number of rotatable bonds is 8. The molecule has 0 saturated heterocycles. The van der Waals surface area contributed by atoms with Gasteiger partial charge in [-0.1, -0.05) is 18.2 Å². The van der Waals surface area contributed by atoms with Gasteiger partial charge < -0.3 is 10.6 Å². The van der Waals surface area contributed by atoms with Crippen molar-refractivity contribution < 1.29 is 17.6 Å². The van der Waals surface area contributed by atoms with Gasteiger partial charge in [0.25, 0.3) is 0 Å². The molecule has 0 bridgehead atoms. The Morgan fingerprint density at radius 1 is 1.20 bits per heavy atom. The summed E-state index contributed by atoms with van der Waals surface area (Å²) in [6, 6.07) is 10.6. The van der Waals surface area contributed by atoms with E-state index in [1.165, 1.54) is 49.4 Å². The fourth-order valence-corrected chi connectivity index (χ4v) is 3.72. The summed E-state index contributed by atoms with van der Waals surface area (Å²) in [5.41, 5.74) is 1.08. The molecule has 158 valence electrons. The van der Waals surface area contributed by atoms with Crippen molar-refractivity contribution in [3.8, 4) is 5.69 Å². The predicted molar refractivity (Wildman–Crippen MR) is 107 cm³/mol. The van der Waals surface area contributed by atoms with E-state index in [2.05, 4.69) is 26.2 Å². The van der Waals surface area contributed by atoms with Crippen LogP contribution in [0, 0.1) is 5.82 Å². The van der Waals surface area contributed by atoms with Gasteiger partial charge in [-0.25, -0.2) is 21.8 Å². The number of amides is 1. The van der Waals surface area contributed by atoms with E-state index in [0.29, 0.717) is 11.3 Å². The van der Waals surface area contributed by atoms with Crippen LogP contribution in [0.1, 0.15) is 5.56 Å². The van der Waals surface area contributed by atoms with Gasteiger partial charge in [-0.15, -0.1) is 5.10 Å². The zero-order valence-electron chi connectivity index (χ0n) is 16.3. The van der Waals surface area contributed by atoms with Crippen molar-refractivity contribution >= 4 is 21.6 Å². The maximum atomic E-state index is 14.0. The molecule has 0 aliphatic heterocycles. The van der Waals surface area contributed by atoms with Gasteiger partial charge in [0.05, 0.1) is 22.8 Å². The molecular formula is C18H20FN7O3S. The van der Waals surface area contributed by atoms with Crippen molar-refractivity contribution in [2.75, 3.05) is 26.0 Å². The predicted octanol–water partition coefficient (Wildman–Crippen LogP) is 0.780. The first-order valence-electron chi connectivity index (χ1n) is 8.83. The standard InChI is InChI=1S/C18H20FN7O3S/c1-25(2)30(28,29)17-6-4-3-5-13(17)10-21-18(27)11-20-16-9-14(7-8-15(16)19)26-12-22-23-24-26/h3-9,12,20H,10-11H2,1-2H3,(H,21,27). The molecule has 30 heavy (non-hydrogen) atoms. The van der Waals surface area contributed by atoms with E-state index in [4.69, 9.17) is 0 Å². The first-order valence-corrected chi connectivity index (χ1v) is 10.3. The first kappa shape index (κ1) is 21.3. The Kier molecular flexibility index (Phi) is 6.37. The van der Waals surface area contributed by atoms with Crippen LogP contribution in [0.4, 0.5) is 10.1 Å². The Labute approximate surface area is 172 Å². The van der Waals surface area contributed by atoms with E-state index in [0.717, 1.165) is 4.31 Å². The molecule has 0 saturated carbocycles. The maximum Gasteiger partial charge on any atom is 0.242 e. The lowest BCUT2D eigenvalue weighted by molar-refractivity contribution is -0.119. The number of carbonyl (C=O) groups excluding carboxylic acids is 1. The zero-order valence-corrected chi connectivity index (χ0v) is 17.1. The average Bonchev–Trinajstić information content (AvgIpc) is 3.26. The lowest BCUT2D eigenvalue weighted by atomic mass is 10.2. The molecule has 12 heteroatoms. The second-order valence-corrected chi connectivity index (χ2v) is 8.56. The summed E-state index contributed by atoms with van der Waals surface area (Å²) in [4.78, 5) is 12.3. The number of benzene rings is 2. The minimum Gasteiger partial charge on any atom is -0.374 e. The van der Waals surface area contributed by atoms with Crippen LogP contribution in [-0.4, -0.2) is 59.5 Å². The number of hydrogen-bond acceptors (Lipinski definition) is 7.